The number of nitrogens with one attached hydrogen (secondary N) is 1. The first-order chi connectivity index (χ1) is 9.00. The van der Waals surface area contributed by atoms with Crippen LogP contribution in [0.5, 0.6) is 0 Å². The van der Waals surface area contributed by atoms with Crippen LogP contribution >= 0.6 is 31.9 Å². The Morgan fingerprint density at radius 1 is 1.00 bits per heavy atom. The lowest BCUT2D eigenvalue weighted by Gasteiger charge is -2.09. The maximum absolute atomic E-state index is 13.6. The second-order valence-electron chi connectivity index (χ2n) is 3.65. The van der Waals surface area contributed by atoms with Crippen molar-refractivity contribution in [2.75, 3.05) is 5.32 Å². The number of amides is 1. The van der Waals surface area contributed by atoms with Crippen LogP contribution in [0.2, 0.25) is 0 Å². The van der Waals surface area contributed by atoms with Gasteiger partial charge in [-0.1, -0.05) is 12.1 Å². The van der Waals surface area contributed by atoms with Crippen molar-refractivity contribution in [3.63, 3.8) is 0 Å². The van der Waals surface area contributed by atoms with Crippen LogP contribution < -0.4 is 5.32 Å². The average molecular weight is 391 g/mol. The highest BCUT2D eigenvalue weighted by atomic mass is 79.9. The van der Waals surface area contributed by atoms with E-state index in [0.717, 1.165) is 0 Å². The van der Waals surface area contributed by atoms with Crippen molar-refractivity contribution in [2.45, 2.75) is 0 Å². The molecule has 0 aliphatic carbocycles. The molecule has 2 nitrogen and oxygen atoms in total. The van der Waals surface area contributed by atoms with Crippen molar-refractivity contribution >= 4 is 43.5 Å². The van der Waals surface area contributed by atoms with E-state index in [1.807, 2.05) is 0 Å². The van der Waals surface area contributed by atoms with Crippen LogP contribution in [-0.4, -0.2) is 5.91 Å². The summed E-state index contributed by atoms with van der Waals surface area (Å²) in [6.45, 7) is 0. The van der Waals surface area contributed by atoms with E-state index in [9.17, 15) is 13.6 Å². The summed E-state index contributed by atoms with van der Waals surface area (Å²) in [6, 6.07) is 8.40. The van der Waals surface area contributed by atoms with Crippen LogP contribution in [0.4, 0.5) is 14.5 Å². The van der Waals surface area contributed by atoms with Gasteiger partial charge in [-0.25, -0.2) is 8.78 Å². The molecule has 98 valence electrons. The van der Waals surface area contributed by atoms with Crippen molar-refractivity contribution in [1.29, 1.82) is 0 Å². The predicted octanol–water partition coefficient (Wildman–Crippen LogP) is 4.74. The zero-order valence-electron chi connectivity index (χ0n) is 9.38. The van der Waals surface area contributed by atoms with Gasteiger partial charge in [0.1, 0.15) is 11.6 Å². The molecule has 2 aromatic carbocycles. The molecule has 0 saturated heterocycles. The molecular formula is C13H7Br2F2NO. The molecule has 0 atom stereocenters. The summed E-state index contributed by atoms with van der Waals surface area (Å²) in [4.78, 5) is 12.0. The molecular weight excluding hydrogens is 384 g/mol. The molecule has 2 rings (SSSR count). The molecule has 0 radical (unpaired) electrons. The Kier molecular flexibility index (Phi) is 4.31. The molecule has 0 aliphatic heterocycles. The summed E-state index contributed by atoms with van der Waals surface area (Å²) in [5.74, 6) is -1.73. The van der Waals surface area contributed by atoms with Crippen molar-refractivity contribution < 1.29 is 13.6 Å². The number of carbonyl (C=O) groups is 1. The topological polar surface area (TPSA) is 29.1 Å². The van der Waals surface area contributed by atoms with Crippen LogP contribution in [0, 0.1) is 11.6 Å². The standard InChI is InChI=1S/C13H7Br2F2NO/c14-8-4-2-6-10(17)12(8)18-13(19)7-3-1-5-9(16)11(7)15/h1-6H,(H,18,19). The maximum atomic E-state index is 13.6. The maximum Gasteiger partial charge on any atom is 0.257 e. The van der Waals surface area contributed by atoms with Gasteiger partial charge in [0, 0.05) is 4.47 Å². The molecule has 0 spiro atoms. The van der Waals surface area contributed by atoms with Crippen molar-refractivity contribution in [3.05, 3.63) is 62.5 Å². The van der Waals surface area contributed by atoms with Gasteiger partial charge in [0.05, 0.1) is 15.7 Å². The number of para-hydroxylation sites is 1. The largest absolute Gasteiger partial charge is 0.318 e. The second kappa shape index (κ2) is 5.79. The van der Waals surface area contributed by atoms with E-state index in [4.69, 9.17) is 0 Å². The molecule has 6 heteroatoms. The fourth-order valence-electron chi connectivity index (χ4n) is 1.48. The fourth-order valence-corrected chi connectivity index (χ4v) is 2.36. The van der Waals surface area contributed by atoms with Gasteiger partial charge in [-0.15, -0.1) is 0 Å². The van der Waals surface area contributed by atoms with E-state index in [0.29, 0.717) is 4.47 Å². The van der Waals surface area contributed by atoms with E-state index >= 15 is 0 Å². The molecule has 1 N–H and O–H groups in total. The lowest BCUT2D eigenvalue weighted by molar-refractivity contribution is 0.102. The van der Waals surface area contributed by atoms with Crippen LogP contribution in [0.3, 0.4) is 0 Å². The summed E-state index contributed by atoms with van der Waals surface area (Å²) in [5, 5.41) is 2.41. The molecule has 1 amide bonds. The Hall–Kier alpha value is -1.27. The first kappa shape index (κ1) is 14.1. The van der Waals surface area contributed by atoms with Gasteiger partial charge in [0.25, 0.3) is 5.91 Å². The highest BCUT2D eigenvalue weighted by molar-refractivity contribution is 9.11. The highest BCUT2D eigenvalue weighted by Gasteiger charge is 2.16. The smallest absolute Gasteiger partial charge is 0.257 e. The van der Waals surface area contributed by atoms with Gasteiger partial charge in [-0.3, -0.25) is 4.79 Å². The third kappa shape index (κ3) is 3.01. The number of benzene rings is 2. The van der Waals surface area contributed by atoms with Gasteiger partial charge in [-0.2, -0.15) is 0 Å². The van der Waals surface area contributed by atoms with Crippen LogP contribution in [0.1, 0.15) is 10.4 Å². The molecule has 0 unspecified atom stereocenters. The van der Waals surface area contributed by atoms with Crippen LogP contribution in [0.15, 0.2) is 45.3 Å². The number of hydrogen-bond acceptors (Lipinski definition) is 1. The zero-order chi connectivity index (χ0) is 14.0. The Morgan fingerprint density at radius 3 is 2.32 bits per heavy atom. The van der Waals surface area contributed by atoms with Gasteiger partial charge < -0.3 is 5.32 Å². The monoisotopic (exact) mass is 389 g/mol. The number of anilines is 1. The van der Waals surface area contributed by atoms with Gasteiger partial charge in [-0.05, 0) is 56.1 Å². The van der Waals surface area contributed by atoms with Gasteiger partial charge in [0.15, 0.2) is 0 Å². The van der Waals surface area contributed by atoms with E-state index < -0.39 is 17.5 Å². The highest BCUT2D eigenvalue weighted by Crippen LogP contribution is 2.27. The predicted molar refractivity (Wildman–Crippen MR) is 76.2 cm³/mol. The SMILES string of the molecule is O=C(Nc1c(F)cccc1Br)c1cccc(F)c1Br. The summed E-state index contributed by atoms with van der Waals surface area (Å²) >= 11 is 6.13. The molecule has 0 aliphatic rings. The van der Waals surface area contributed by atoms with Crippen molar-refractivity contribution in [2.24, 2.45) is 0 Å². The summed E-state index contributed by atoms with van der Waals surface area (Å²) < 4.78 is 27.4. The molecule has 2 aromatic rings. The first-order valence-electron chi connectivity index (χ1n) is 5.20. The Bertz CT molecular complexity index is 626. The van der Waals surface area contributed by atoms with E-state index in [1.54, 1.807) is 6.07 Å². The second-order valence-corrected chi connectivity index (χ2v) is 5.30. The minimum absolute atomic E-state index is 0.0173. The third-order valence-corrected chi connectivity index (χ3v) is 3.86. The number of carbonyl (C=O) groups excluding carboxylic acids is 1. The van der Waals surface area contributed by atoms with Crippen molar-refractivity contribution in [3.8, 4) is 0 Å². The number of hydrogen-bond donors (Lipinski definition) is 1. The quantitative estimate of drug-likeness (QED) is 0.788. The zero-order valence-corrected chi connectivity index (χ0v) is 12.6. The van der Waals surface area contributed by atoms with E-state index in [2.05, 4.69) is 37.2 Å². The summed E-state index contributed by atoms with van der Waals surface area (Å²) in [5.41, 5.74) is 0.110. The first-order valence-corrected chi connectivity index (χ1v) is 6.78. The lowest BCUT2D eigenvalue weighted by atomic mass is 10.2. The number of halogens is 4. The van der Waals surface area contributed by atoms with Gasteiger partial charge in [0.2, 0.25) is 0 Å². The minimum Gasteiger partial charge on any atom is -0.318 e. The minimum atomic E-state index is -0.600. The molecule has 19 heavy (non-hydrogen) atoms. The normalized spacial score (nSPS) is 10.3. The molecule has 0 aromatic heterocycles. The molecule has 0 saturated carbocycles. The average Bonchev–Trinajstić information content (AvgIpc) is 2.37. The lowest BCUT2D eigenvalue weighted by Crippen LogP contribution is -2.14. The molecule has 0 heterocycles. The fraction of sp³-hybridized carbons (Fsp3) is 0. The Morgan fingerprint density at radius 2 is 1.63 bits per heavy atom. The molecule has 0 fully saturated rings. The summed E-state index contributed by atoms with van der Waals surface area (Å²) in [6.07, 6.45) is 0. The summed E-state index contributed by atoms with van der Waals surface area (Å²) in [7, 11) is 0. The van der Waals surface area contributed by atoms with E-state index in [-0.39, 0.29) is 15.7 Å². The molecule has 0 bridgehead atoms. The number of rotatable bonds is 2. The van der Waals surface area contributed by atoms with E-state index in [1.165, 1.54) is 30.3 Å². The third-order valence-electron chi connectivity index (χ3n) is 2.40. The Labute approximate surface area is 125 Å². The van der Waals surface area contributed by atoms with Crippen molar-refractivity contribution in [1.82, 2.24) is 0 Å². The van der Waals surface area contributed by atoms with Gasteiger partial charge >= 0.3 is 0 Å². The van der Waals surface area contributed by atoms with Crippen LogP contribution in [0.25, 0.3) is 0 Å². The van der Waals surface area contributed by atoms with Crippen LogP contribution in [-0.2, 0) is 0 Å². The Balaban J connectivity index is 2.34.